The van der Waals surface area contributed by atoms with Crippen molar-refractivity contribution >= 4 is 0 Å². The maximum atomic E-state index is 13.2. The summed E-state index contributed by atoms with van der Waals surface area (Å²) in [5.74, 6) is 0. The van der Waals surface area contributed by atoms with Gasteiger partial charge in [0.05, 0.1) is 20.7 Å². The van der Waals surface area contributed by atoms with E-state index in [0.717, 1.165) is 25.7 Å². The third kappa shape index (κ3) is 39.8. The third-order valence-electron chi connectivity index (χ3n) is 9.42. The van der Waals surface area contributed by atoms with Gasteiger partial charge in [-0.2, -0.15) is 13.2 Å². The van der Waals surface area contributed by atoms with Crippen LogP contribution in [0.25, 0.3) is 0 Å². The van der Waals surface area contributed by atoms with Crippen LogP contribution >= 0.6 is 0 Å². The van der Waals surface area contributed by atoms with Crippen molar-refractivity contribution in [2.24, 2.45) is 0 Å². The summed E-state index contributed by atoms with van der Waals surface area (Å²) < 4.78 is 51.4. The second kappa shape index (κ2) is 35.5. The van der Waals surface area contributed by atoms with Gasteiger partial charge in [0.1, 0.15) is 12.6 Å². The number of hydrogen-bond donors (Lipinski definition) is 0. The fourth-order valence-electron chi connectivity index (χ4n) is 6.52. The first-order valence-corrected chi connectivity index (χ1v) is 21.1. The average molecular weight is 703 g/mol. The monoisotopic (exact) mass is 703 g/mol. The molecule has 292 valence electrons. The number of alkyl halides is 3. The molecule has 0 rings (SSSR count). The zero-order valence-electron chi connectivity index (χ0n) is 33.1. The maximum absolute atomic E-state index is 13.2. The Morgan fingerprint density at radius 2 is 0.837 bits per heavy atom. The molecule has 0 aromatic rings. The molecule has 0 N–H and O–H groups in total. The second-order valence-corrected chi connectivity index (χ2v) is 15.3. The van der Waals surface area contributed by atoms with E-state index < -0.39 is 12.7 Å². The number of rotatable bonds is 38. The standard InChI is InChI=1S/C43H83F3NO2/c1-5-7-9-11-13-15-17-19-21-23-25-27-29-31-33-35-37-48-40-42(39-47(3,4)41-43(44,45)46)49-38-36-34-32-30-28-26-24-22-20-18-16-14-12-10-8-6-2/h19-22,42H,5-18,23-41H2,1-4H3/q+1/b21-19-,22-20-. The van der Waals surface area contributed by atoms with E-state index in [4.69, 9.17) is 9.47 Å². The fourth-order valence-corrected chi connectivity index (χ4v) is 6.52. The zero-order chi connectivity index (χ0) is 36.2. The van der Waals surface area contributed by atoms with Crippen LogP contribution in [0, 0.1) is 0 Å². The molecule has 49 heavy (non-hydrogen) atoms. The molecular weight excluding hydrogens is 619 g/mol. The van der Waals surface area contributed by atoms with Gasteiger partial charge in [0.15, 0.2) is 6.54 Å². The zero-order valence-corrected chi connectivity index (χ0v) is 33.1. The minimum atomic E-state index is -4.19. The van der Waals surface area contributed by atoms with E-state index in [9.17, 15) is 13.2 Å². The smallest absolute Gasteiger partial charge is 0.379 e. The summed E-state index contributed by atoms with van der Waals surface area (Å²) in [7, 11) is 3.28. The van der Waals surface area contributed by atoms with E-state index in [1.807, 2.05) is 0 Å². The molecule has 0 saturated carbocycles. The molecule has 6 heteroatoms. The Labute approximate surface area is 303 Å². The van der Waals surface area contributed by atoms with Crippen molar-refractivity contribution in [1.29, 1.82) is 0 Å². The largest absolute Gasteiger partial charge is 0.438 e. The molecule has 0 aliphatic rings. The van der Waals surface area contributed by atoms with Gasteiger partial charge in [-0.05, 0) is 64.2 Å². The molecule has 0 bridgehead atoms. The van der Waals surface area contributed by atoms with E-state index in [1.54, 1.807) is 14.1 Å². The summed E-state index contributed by atoms with van der Waals surface area (Å²) in [6.07, 6.45) is 40.3. The van der Waals surface area contributed by atoms with Gasteiger partial charge in [-0.1, -0.05) is 154 Å². The predicted molar refractivity (Wildman–Crippen MR) is 207 cm³/mol. The van der Waals surface area contributed by atoms with Gasteiger partial charge in [-0.15, -0.1) is 0 Å². The van der Waals surface area contributed by atoms with Gasteiger partial charge in [0, 0.05) is 13.2 Å². The summed E-state index contributed by atoms with van der Waals surface area (Å²) in [5, 5.41) is 0. The topological polar surface area (TPSA) is 18.5 Å². The van der Waals surface area contributed by atoms with Crippen LogP contribution in [0.5, 0.6) is 0 Å². The summed E-state index contributed by atoms with van der Waals surface area (Å²) >= 11 is 0. The van der Waals surface area contributed by atoms with Crippen molar-refractivity contribution < 1.29 is 27.1 Å². The number of unbranched alkanes of at least 4 members (excludes halogenated alkanes) is 24. The lowest BCUT2D eigenvalue weighted by molar-refractivity contribution is -0.903. The van der Waals surface area contributed by atoms with Gasteiger partial charge >= 0.3 is 6.18 Å². The van der Waals surface area contributed by atoms with Crippen molar-refractivity contribution in [2.75, 3.05) is 47.0 Å². The molecular formula is C43H83F3NO2+. The van der Waals surface area contributed by atoms with Gasteiger partial charge < -0.3 is 14.0 Å². The number of nitrogens with zero attached hydrogens (tertiary/aromatic N) is 1. The molecule has 0 saturated heterocycles. The molecule has 1 unspecified atom stereocenters. The molecule has 0 radical (unpaired) electrons. The molecule has 0 heterocycles. The van der Waals surface area contributed by atoms with Crippen LogP contribution in [0.2, 0.25) is 0 Å². The summed E-state index contributed by atoms with van der Waals surface area (Å²) in [6.45, 7) is 5.60. The van der Waals surface area contributed by atoms with Gasteiger partial charge in [-0.25, -0.2) is 0 Å². The maximum Gasteiger partial charge on any atom is 0.438 e. The number of allylic oxidation sites excluding steroid dienone is 4. The lowest BCUT2D eigenvalue weighted by atomic mass is 10.1. The Bertz CT molecular complexity index is 722. The molecule has 1 atom stereocenters. The minimum Gasteiger partial charge on any atom is -0.379 e. The van der Waals surface area contributed by atoms with Crippen molar-refractivity contribution in [3.63, 3.8) is 0 Å². The highest BCUT2D eigenvalue weighted by molar-refractivity contribution is 4.82. The van der Waals surface area contributed by atoms with E-state index in [2.05, 4.69) is 38.2 Å². The number of quaternary nitrogens is 1. The van der Waals surface area contributed by atoms with Gasteiger partial charge in [0.25, 0.3) is 0 Å². The highest BCUT2D eigenvalue weighted by Gasteiger charge is 2.38. The number of halogens is 3. The van der Waals surface area contributed by atoms with Crippen LogP contribution in [0.4, 0.5) is 13.2 Å². The first-order valence-electron chi connectivity index (χ1n) is 21.1. The van der Waals surface area contributed by atoms with Crippen LogP contribution in [-0.2, 0) is 9.47 Å². The molecule has 0 spiro atoms. The lowest BCUT2D eigenvalue weighted by Gasteiger charge is -2.34. The van der Waals surface area contributed by atoms with Crippen molar-refractivity contribution in [3.8, 4) is 0 Å². The highest BCUT2D eigenvalue weighted by Crippen LogP contribution is 2.20. The predicted octanol–water partition coefficient (Wildman–Crippen LogP) is 14.1. The van der Waals surface area contributed by atoms with E-state index in [-0.39, 0.29) is 10.6 Å². The Hall–Kier alpha value is -0.850. The highest BCUT2D eigenvalue weighted by atomic mass is 19.4. The van der Waals surface area contributed by atoms with Crippen LogP contribution in [-0.4, -0.2) is 63.8 Å². The molecule has 0 aromatic heterocycles. The number of hydrogen-bond acceptors (Lipinski definition) is 2. The molecule has 0 amide bonds. The Balaban J connectivity index is 3.98. The molecule has 0 fully saturated rings. The van der Waals surface area contributed by atoms with Gasteiger partial charge in [-0.3, -0.25) is 0 Å². The first-order chi connectivity index (χ1) is 23.7. The van der Waals surface area contributed by atoms with Crippen LogP contribution in [0.3, 0.4) is 0 Å². The molecule has 0 aliphatic heterocycles. The number of ether oxygens (including phenoxy) is 2. The molecule has 0 aliphatic carbocycles. The van der Waals surface area contributed by atoms with Crippen LogP contribution in [0.1, 0.15) is 194 Å². The van der Waals surface area contributed by atoms with E-state index >= 15 is 0 Å². The summed E-state index contributed by atoms with van der Waals surface area (Å²) in [5.41, 5.74) is 0. The quantitative estimate of drug-likeness (QED) is 0.0362. The van der Waals surface area contributed by atoms with Crippen molar-refractivity contribution in [1.82, 2.24) is 0 Å². The normalized spacial score (nSPS) is 13.4. The van der Waals surface area contributed by atoms with E-state index in [0.29, 0.717) is 26.4 Å². The van der Waals surface area contributed by atoms with Gasteiger partial charge in [0.2, 0.25) is 0 Å². The number of likely N-dealkylation sites (N-methyl/N-ethyl adjacent to an activating group) is 1. The third-order valence-corrected chi connectivity index (χ3v) is 9.42. The summed E-state index contributed by atoms with van der Waals surface area (Å²) in [6, 6.07) is 0. The average Bonchev–Trinajstić information content (AvgIpc) is 3.04. The Kier molecular flexibility index (Phi) is 34.9. The minimum absolute atomic E-state index is 0.140. The summed E-state index contributed by atoms with van der Waals surface area (Å²) in [4.78, 5) is 0. The first kappa shape index (κ1) is 48.1. The Morgan fingerprint density at radius 3 is 1.22 bits per heavy atom. The molecule has 3 nitrogen and oxygen atoms in total. The Morgan fingerprint density at radius 1 is 0.490 bits per heavy atom. The fraction of sp³-hybridized carbons (Fsp3) is 0.907. The second-order valence-electron chi connectivity index (χ2n) is 15.3. The van der Waals surface area contributed by atoms with E-state index in [1.165, 1.54) is 154 Å². The molecule has 0 aromatic carbocycles. The van der Waals surface area contributed by atoms with Crippen molar-refractivity contribution in [3.05, 3.63) is 24.3 Å². The SMILES string of the molecule is CCCCCCCC/C=C\CCCCCCCCOCC(C[N+](C)(C)CC(F)(F)F)OCCCCCCCC/C=C\CCCCCCCC. The van der Waals surface area contributed by atoms with Crippen molar-refractivity contribution in [2.45, 2.75) is 206 Å². The van der Waals surface area contributed by atoms with Crippen LogP contribution < -0.4 is 0 Å². The van der Waals surface area contributed by atoms with Crippen LogP contribution in [0.15, 0.2) is 24.3 Å². The lowest BCUT2D eigenvalue weighted by Crippen LogP contribution is -2.52.